The summed E-state index contributed by atoms with van der Waals surface area (Å²) in [5.74, 6) is 1.69. The summed E-state index contributed by atoms with van der Waals surface area (Å²) in [6.07, 6.45) is 0.250. The van der Waals surface area contributed by atoms with Gasteiger partial charge in [-0.15, -0.1) is 13.2 Å². The first kappa shape index (κ1) is 14.7. The molecule has 2 aliphatic carbocycles. The second-order valence-corrected chi connectivity index (χ2v) is 6.04. The molecule has 2 saturated carbocycles. The maximum Gasteiger partial charge on any atom is 0.573 e. The molecule has 3 atom stereocenters. The topological polar surface area (TPSA) is 21.3 Å². The van der Waals surface area contributed by atoms with Gasteiger partial charge < -0.3 is 10.1 Å². The Balaban J connectivity index is 1.84. The molecule has 5 heteroatoms. The number of hydrogen-bond acceptors (Lipinski definition) is 2. The second kappa shape index (κ2) is 5.52. The van der Waals surface area contributed by atoms with E-state index >= 15 is 0 Å². The van der Waals surface area contributed by atoms with E-state index in [2.05, 4.69) is 10.1 Å². The molecule has 116 valence electrons. The highest BCUT2D eigenvalue weighted by Gasteiger charge is 2.54. The molecule has 0 aromatic heterocycles. The smallest absolute Gasteiger partial charge is 0.405 e. The zero-order valence-electron chi connectivity index (χ0n) is 12.0. The molecule has 0 amide bonds. The van der Waals surface area contributed by atoms with Gasteiger partial charge in [-0.25, -0.2) is 0 Å². The fraction of sp³-hybridized carbons (Fsp3) is 0.625. The Hall–Kier alpha value is -1.23. The minimum Gasteiger partial charge on any atom is -0.405 e. The van der Waals surface area contributed by atoms with Crippen LogP contribution in [0, 0.1) is 17.8 Å². The molecule has 0 saturated heterocycles. The van der Waals surface area contributed by atoms with E-state index in [1.165, 1.54) is 31.7 Å². The molecule has 2 aliphatic rings. The van der Waals surface area contributed by atoms with Crippen molar-refractivity contribution in [2.45, 2.75) is 38.1 Å². The van der Waals surface area contributed by atoms with E-state index in [0.29, 0.717) is 23.3 Å². The summed E-state index contributed by atoms with van der Waals surface area (Å²) in [7, 11) is 1.82. The Bertz CT molecular complexity index is 491. The number of para-hydroxylation sites is 1. The predicted octanol–water partition coefficient (Wildman–Crippen LogP) is 4.28. The maximum absolute atomic E-state index is 12.6. The van der Waals surface area contributed by atoms with Gasteiger partial charge in [0.05, 0.1) is 0 Å². The summed E-state index contributed by atoms with van der Waals surface area (Å²) >= 11 is 0. The molecule has 1 aromatic carbocycles. The zero-order chi connectivity index (χ0) is 15.0. The van der Waals surface area contributed by atoms with Crippen LogP contribution in [0.15, 0.2) is 24.3 Å². The van der Waals surface area contributed by atoms with Crippen molar-refractivity contribution >= 4 is 0 Å². The van der Waals surface area contributed by atoms with Gasteiger partial charge in [-0.3, -0.25) is 0 Å². The Labute approximate surface area is 122 Å². The molecular formula is C16H20F3NO. The summed E-state index contributed by atoms with van der Waals surface area (Å²) in [5, 5.41) is 3.22. The van der Waals surface area contributed by atoms with Gasteiger partial charge in [0.1, 0.15) is 5.75 Å². The van der Waals surface area contributed by atoms with Crippen LogP contribution < -0.4 is 10.1 Å². The Morgan fingerprint density at radius 3 is 2.33 bits per heavy atom. The molecule has 0 aliphatic heterocycles. The number of ether oxygens (including phenoxy) is 1. The van der Waals surface area contributed by atoms with E-state index in [1.54, 1.807) is 18.2 Å². The fourth-order valence-corrected chi connectivity index (χ4v) is 4.05. The first-order valence-corrected chi connectivity index (χ1v) is 7.53. The fourth-order valence-electron chi connectivity index (χ4n) is 4.05. The Kier molecular flexibility index (Phi) is 3.86. The lowest BCUT2D eigenvalue weighted by Crippen LogP contribution is -2.23. The van der Waals surface area contributed by atoms with Gasteiger partial charge in [0.25, 0.3) is 0 Å². The normalized spacial score (nSPS) is 29.6. The molecule has 3 unspecified atom stereocenters. The zero-order valence-corrected chi connectivity index (χ0v) is 12.0. The highest BCUT2D eigenvalue weighted by molar-refractivity contribution is 5.38. The summed E-state index contributed by atoms with van der Waals surface area (Å²) in [4.78, 5) is 0. The van der Waals surface area contributed by atoms with Crippen molar-refractivity contribution in [3.05, 3.63) is 29.8 Å². The van der Waals surface area contributed by atoms with Crippen LogP contribution in [0.3, 0.4) is 0 Å². The van der Waals surface area contributed by atoms with Gasteiger partial charge in [-0.05, 0) is 43.7 Å². The highest BCUT2D eigenvalue weighted by Crippen LogP contribution is 2.61. The van der Waals surface area contributed by atoms with Gasteiger partial charge in [-0.1, -0.05) is 31.0 Å². The number of fused-ring (bicyclic) bond motifs is 1. The largest absolute Gasteiger partial charge is 0.573 e. The van der Waals surface area contributed by atoms with Crippen LogP contribution in [0.5, 0.6) is 5.75 Å². The van der Waals surface area contributed by atoms with E-state index in [4.69, 9.17) is 0 Å². The number of hydrogen-bond donors (Lipinski definition) is 1. The van der Waals surface area contributed by atoms with Crippen LogP contribution in [-0.2, 0) is 0 Å². The lowest BCUT2D eigenvalue weighted by atomic mass is 9.99. The molecule has 0 heterocycles. The maximum atomic E-state index is 12.6. The Morgan fingerprint density at radius 1 is 1.14 bits per heavy atom. The van der Waals surface area contributed by atoms with Crippen LogP contribution in [-0.4, -0.2) is 13.4 Å². The van der Waals surface area contributed by atoms with Crippen LogP contribution >= 0.6 is 0 Å². The molecule has 0 radical (unpaired) electrons. The van der Waals surface area contributed by atoms with E-state index in [1.807, 2.05) is 7.05 Å². The van der Waals surface area contributed by atoms with Crippen molar-refractivity contribution in [2.75, 3.05) is 7.05 Å². The Morgan fingerprint density at radius 2 is 1.76 bits per heavy atom. The SMILES string of the molecule is CNC(c1ccccc1OC(F)(F)F)C1C2CCCCC21. The van der Waals surface area contributed by atoms with Crippen molar-refractivity contribution in [3.63, 3.8) is 0 Å². The van der Waals surface area contributed by atoms with Gasteiger partial charge in [0.15, 0.2) is 0 Å². The number of alkyl halides is 3. The number of benzene rings is 1. The van der Waals surface area contributed by atoms with Crippen molar-refractivity contribution in [3.8, 4) is 5.75 Å². The average molecular weight is 299 g/mol. The van der Waals surface area contributed by atoms with Crippen molar-refractivity contribution in [1.29, 1.82) is 0 Å². The highest BCUT2D eigenvalue weighted by atomic mass is 19.4. The van der Waals surface area contributed by atoms with Crippen LogP contribution in [0.25, 0.3) is 0 Å². The third-order valence-electron chi connectivity index (χ3n) is 4.90. The monoisotopic (exact) mass is 299 g/mol. The van der Waals surface area contributed by atoms with Gasteiger partial charge >= 0.3 is 6.36 Å². The van der Waals surface area contributed by atoms with Gasteiger partial charge in [0.2, 0.25) is 0 Å². The quantitative estimate of drug-likeness (QED) is 0.896. The molecule has 0 spiro atoms. The molecule has 2 fully saturated rings. The summed E-state index contributed by atoms with van der Waals surface area (Å²) in [6.45, 7) is 0. The average Bonchev–Trinajstić information content (AvgIpc) is 3.14. The van der Waals surface area contributed by atoms with Crippen LogP contribution in [0.1, 0.15) is 37.3 Å². The number of nitrogens with one attached hydrogen (secondary N) is 1. The lowest BCUT2D eigenvalue weighted by Gasteiger charge is -2.21. The third kappa shape index (κ3) is 3.03. The predicted molar refractivity (Wildman–Crippen MR) is 73.9 cm³/mol. The third-order valence-corrected chi connectivity index (χ3v) is 4.90. The van der Waals surface area contributed by atoms with Gasteiger partial charge in [0, 0.05) is 11.6 Å². The molecular weight excluding hydrogens is 279 g/mol. The summed E-state index contributed by atoms with van der Waals surface area (Å²) < 4.78 is 41.9. The van der Waals surface area contributed by atoms with E-state index in [-0.39, 0.29) is 11.8 Å². The standard InChI is InChI=1S/C16H20F3NO/c1-20-15(14-10-6-2-3-7-11(10)14)12-8-4-5-9-13(12)21-16(17,18)19/h4-5,8-11,14-15,20H,2-3,6-7H2,1H3. The lowest BCUT2D eigenvalue weighted by molar-refractivity contribution is -0.275. The van der Waals surface area contributed by atoms with Crippen molar-refractivity contribution in [2.24, 2.45) is 17.8 Å². The number of halogens is 3. The summed E-state index contributed by atoms with van der Waals surface area (Å²) in [6, 6.07) is 6.44. The molecule has 0 bridgehead atoms. The number of rotatable bonds is 4. The molecule has 2 nitrogen and oxygen atoms in total. The molecule has 3 rings (SSSR count). The van der Waals surface area contributed by atoms with Gasteiger partial charge in [-0.2, -0.15) is 0 Å². The minimum absolute atomic E-state index is 0.0587. The van der Waals surface area contributed by atoms with Crippen molar-refractivity contribution < 1.29 is 17.9 Å². The molecule has 21 heavy (non-hydrogen) atoms. The second-order valence-electron chi connectivity index (χ2n) is 6.04. The van der Waals surface area contributed by atoms with Crippen LogP contribution in [0.2, 0.25) is 0 Å². The van der Waals surface area contributed by atoms with E-state index < -0.39 is 6.36 Å². The summed E-state index contributed by atoms with van der Waals surface area (Å²) in [5.41, 5.74) is 0.622. The van der Waals surface area contributed by atoms with Crippen LogP contribution in [0.4, 0.5) is 13.2 Å². The van der Waals surface area contributed by atoms with Crippen molar-refractivity contribution in [1.82, 2.24) is 5.32 Å². The van der Waals surface area contributed by atoms with E-state index in [9.17, 15) is 13.2 Å². The minimum atomic E-state index is -4.65. The molecule has 1 aromatic rings. The first-order valence-electron chi connectivity index (χ1n) is 7.53. The first-order chi connectivity index (χ1) is 10.0. The molecule has 1 N–H and O–H groups in total. The van der Waals surface area contributed by atoms with E-state index in [0.717, 1.165) is 0 Å².